The summed E-state index contributed by atoms with van der Waals surface area (Å²) >= 11 is 1.59. The van der Waals surface area contributed by atoms with Crippen LogP contribution in [0.25, 0.3) is 32.7 Å². The van der Waals surface area contributed by atoms with Crippen LogP contribution in [-0.4, -0.2) is 136 Å². The third kappa shape index (κ3) is 9.71. The number of fused-ring (bicyclic) bond motifs is 3. The van der Waals surface area contributed by atoms with Gasteiger partial charge in [-0.25, -0.2) is 19.7 Å². The molecule has 4 aliphatic heterocycles. The number of aromatic hydroxyl groups is 1. The molecular weight excluding hydrogens is 953 g/mol. The number of H-pyrrole nitrogens is 1. The van der Waals surface area contributed by atoms with Crippen molar-refractivity contribution in [2.24, 2.45) is 10.8 Å². The van der Waals surface area contributed by atoms with E-state index in [9.17, 15) is 24.6 Å². The van der Waals surface area contributed by atoms with Gasteiger partial charge in [0.25, 0.3) is 0 Å². The van der Waals surface area contributed by atoms with Crippen LogP contribution in [0.2, 0.25) is 0 Å². The highest BCUT2D eigenvalue weighted by Crippen LogP contribution is 2.46. The van der Waals surface area contributed by atoms with Gasteiger partial charge in [-0.05, 0) is 112 Å². The van der Waals surface area contributed by atoms with Crippen LogP contribution in [0.15, 0.2) is 72.5 Å². The number of likely N-dealkylation sites (tertiary alicyclic amines) is 3. The van der Waals surface area contributed by atoms with E-state index in [2.05, 4.69) is 47.5 Å². The Balaban J connectivity index is 0.640. The Kier molecular flexibility index (Phi) is 13.4. The van der Waals surface area contributed by atoms with Crippen LogP contribution in [0, 0.1) is 17.8 Å². The van der Waals surface area contributed by atoms with Gasteiger partial charge in [-0.15, -0.1) is 21.5 Å². The lowest BCUT2D eigenvalue weighted by atomic mass is 9.67. The molecule has 5 aliphatic rings. The quantitative estimate of drug-likeness (QED) is 0.0904. The molecule has 1 unspecified atom stereocenters. The number of amides is 4. The summed E-state index contributed by atoms with van der Waals surface area (Å²) in [6, 6.07) is 15.8. The van der Waals surface area contributed by atoms with E-state index in [0.717, 1.165) is 109 Å². The number of carbonyl (C=O) groups excluding carboxylic acids is 3. The molecule has 4 fully saturated rings. The lowest BCUT2D eigenvalue weighted by Gasteiger charge is -2.55. The van der Waals surface area contributed by atoms with Gasteiger partial charge in [0.15, 0.2) is 5.65 Å². The molecule has 4 amide bonds. The number of phenols is 1. The molecule has 388 valence electrons. The molecule has 11 rings (SSSR count). The van der Waals surface area contributed by atoms with E-state index in [0.29, 0.717) is 36.3 Å². The van der Waals surface area contributed by atoms with E-state index in [1.54, 1.807) is 23.5 Å². The Morgan fingerprint density at radius 1 is 0.946 bits per heavy atom. The third-order valence-corrected chi connectivity index (χ3v) is 17.8. The fraction of sp³-hybridized carbons (Fsp3) is 0.500. The first kappa shape index (κ1) is 49.7. The molecule has 0 bridgehead atoms. The van der Waals surface area contributed by atoms with E-state index in [1.807, 2.05) is 93.0 Å². The first-order chi connectivity index (χ1) is 35.6. The number of para-hydroxylation sites is 1. The van der Waals surface area contributed by atoms with Crippen molar-refractivity contribution in [2.45, 2.75) is 129 Å². The van der Waals surface area contributed by atoms with Crippen molar-refractivity contribution in [2.75, 3.05) is 44.2 Å². The minimum atomic E-state index is -0.880. The Morgan fingerprint density at radius 3 is 2.36 bits per heavy atom. The van der Waals surface area contributed by atoms with E-state index >= 15 is 0 Å². The summed E-state index contributed by atoms with van der Waals surface area (Å²) in [7, 11) is 0. The van der Waals surface area contributed by atoms with Crippen molar-refractivity contribution in [1.82, 2.24) is 55.5 Å². The van der Waals surface area contributed by atoms with Crippen LogP contribution < -0.4 is 15.5 Å². The van der Waals surface area contributed by atoms with Crippen LogP contribution in [-0.2, 0) is 22.6 Å². The highest BCUT2D eigenvalue weighted by atomic mass is 32.1. The number of rotatable bonds is 10. The van der Waals surface area contributed by atoms with Crippen LogP contribution in [0.3, 0.4) is 0 Å². The molecule has 18 heteroatoms. The highest BCUT2D eigenvalue weighted by molar-refractivity contribution is 7.13. The molecular formula is C56H68N12O5S. The van der Waals surface area contributed by atoms with Gasteiger partial charge in [0.1, 0.15) is 17.8 Å². The second-order valence-electron chi connectivity index (χ2n) is 22.7. The number of aromatic nitrogens is 6. The maximum atomic E-state index is 14.3. The van der Waals surface area contributed by atoms with Crippen LogP contribution >= 0.6 is 11.3 Å². The Bertz CT molecular complexity index is 3020. The lowest BCUT2D eigenvalue weighted by Crippen LogP contribution is -2.66. The molecule has 6 aromatic rings. The van der Waals surface area contributed by atoms with Gasteiger partial charge in [-0.2, -0.15) is 0 Å². The number of nitrogens with one attached hydrogen (secondary N) is 3. The Hall–Kier alpha value is -6.50. The number of hydrogen-bond donors (Lipinski definition) is 5. The molecule has 2 aromatic carbocycles. The van der Waals surface area contributed by atoms with E-state index < -0.39 is 23.6 Å². The van der Waals surface area contributed by atoms with Crippen molar-refractivity contribution in [1.29, 1.82) is 0 Å². The number of urea groups is 1. The molecule has 0 radical (unpaired) electrons. The van der Waals surface area contributed by atoms with Gasteiger partial charge >= 0.3 is 6.03 Å². The maximum Gasteiger partial charge on any atom is 0.318 e. The molecule has 8 heterocycles. The van der Waals surface area contributed by atoms with Crippen molar-refractivity contribution < 1.29 is 24.6 Å². The molecule has 74 heavy (non-hydrogen) atoms. The number of aliphatic hydroxyl groups excluding tert-OH is 1. The molecule has 4 aromatic heterocycles. The predicted molar refractivity (Wildman–Crippen MR) is 284 cm³/mol. The molecule has 3 saturated heterocycles. The number of phenolic OH excluding ortho intramolecular Hbond substituents is 1. The topological polar surface area (TPSA) is 209 Å². The zero-order valence-electron chi connectivity index (χ0n) is 43.1. The second kappa shape index (κ2) is 20.0. The van der Waals surface area contributed by atoms with E-state index in [-0.39, 0.29) is 54.6 Å². The standard InChI is InChI=1S/C56H68N12O5S/c1-33-48(74-32-60-33)37-12-10-35(11-13-37)26-57-51(71)45-24-40(69)29-68(45)52(72)49(55(3,4)5)62-54(73)66-30-56(31-66)19-14-39(15-20-56)65-21-16-36(17-22-65)38-27-58-53(59-28-38)67-23-18-43-47(34(67)2)42-25-44(63-64-50(42)61-43)41-8-6-7-9-46(41)70/h6-13,25,27-28,32,34,36,39-40,45,49,69-70H,14-24,26,29-31H2,1-5H3,(H,57,71)(H,61,64)(H,62,73)/t34?,40-,45+,49-/m1/s1. The number of thiazole rings is 1. The number of anilines is 1. The number of aryl methyl sites for hydroxylation is 1. The molecule has 5 N–H and O–H groups in total. The highest BCUT2D eigenvalue weighted by Gasteiger charge is 2.50. The molecule has 4 atom stereocenters. The number of carbonyl (C=O) groups is 3. The summed E-state index contributed by atoms with van der Waals surface area (Å²) in [6.07, 6.45) is 10.7. The average molecular weight is 1020 g/mol. The third-order valence-electron chi connectivity index (χ3n) is 16.8. The molecule has 17 nitrogen and oxygen atoms in total. The van der Waals surface area contributed by atoms with Crippen LogP contribution in [0.5, 0.6) is 5.75 Å². The predicted octanol–water partition coefficient (Wildman–Crippen LogP) is 7.50. The normalized spacial score (nSPS) is 21.9. The maximum absolute atomic E-state index is 14.3. The minimum Gasteiger partial charge on any atom is -0.507 e. The number of nitrogens with zero attached hydrogens (tertiary/aromatic N) is 9. The minimum absolute atomic E-state index is 0.0165. The summed E-state index contributed by atoms with van der Waals surface area (Å²) in [4.78, 5) is 68.9. The number of aliphatic hydroxyl groups is 1. The van der Waals surface area contributed by atoms with E-state index in [4.69, 9.17) is 9.97 Å². The summed E-state index contributed by atoms with van der Waals surface area (Å²) in [5.41, 5.74) is 9.80. The van der Waals surface area contributed by atoms with Gasteiger partial charge in [-0.1, -0.05) is 57.2 Å². The fourth-order valence-corrected chi connectivity index (χ4v) is 13.3. The van der Waals surface area contributed by atoms with Crippen molar-refractivity contribution in [3.8, 4) is 27.4 Å². The van der Waals surface area contributed by atoms with E-state index in [1.165, 1.54) is 16.0 Å². The smallest absolute Gasteiger partial charge is 0.318 e. The largest absolute Gasteiger partial charge is 0.507 e. The fourth-order valence-electron chi connectivity index (χ4n) is 12.5. The number of β-amino-alcohol motifs (C(OH)–C–C–N with tert-alkyl or cyclic N) is 1. The van der Waals surface area contributed by atoms with Crippen molar-refractivity contribution in [3.63, 3.8) is 0 Å². The second-order valence-corrected chi connectivity index (χ2v) is 23.5. The molecule has 1 aliphatic carbocycles. The monoisotopic (exact) mass is 1020 g/mol. The Morgan fingerprint density at radius 2 is 1.68 bits per heavy atom. The summed E-state index contributed by atoms with van der Waals surface area (Å²) in [5.74, 6) is 0.633. The molecule has 1 spiro atoms. The number of piperidine rings is 1. The SMILES string of the molecule is Cc1ncsc1-c1ccc(CNC(=O)[C@@H]2C[C@@H](O)CN2C(=O)[C@@H](NC(=O)N2CC3(CCC(N4CCC(c5cnc(N6CCc7[nH]c8nnc(-c9ccccc9O)cc8c7C6C)nc5)CC4)CC3)C2)C(C)(C)C)cc1. The van der Waals surface area contributed by atoms with Crippen molar-refractivity contribution in [3.05, 3.63) is 101 Å². The van der Waals surface area contributed by atoms with Gasteiger partial charge < -0.3 is 45.4 Å². The summed E-state index contributed by atoms with van der Waals surface area (Å²) in [5, 5.41) is 37.2. The van der Waals surface area contributed by atoms with Gasteiger partial charge in [-0.3, -0.25) is 9.59 Å². The number of benzene rings is 2. The zero-order valence-corrected chi connectivity index (χ0v) is 43.9. The first-order valence-corrected chi connectivity index (χ1v) is 27.3. The van der Waals surface area contributed by atoms with Gasteiger partial charge in [0, 0.05) is 91.6 Å². The Labute approximate surface area is 436 Å². The van der Waals surface area contributed by atoms with Crippen LogP contribution in [0.1, 0.15) is 113 Å². The lowest BCUT2D eigenvalue weighted by molar-refractivity contribution is -0.142. The average Bonchev–Trinajstić information content (AvgIpc) is 4.12. The zero-order chi connectivity index (χ0) is 51.5. The number of hydrogen-bond acceptors (Lipinski definition) is 13. The van der Waals surface area contributed by atoms with Gasteiger partial charge in [0.2, 0.25) is 17.8 Å². The summed E-state index contributed by atoms with van der Waals surface area (Å²) < 4.78 is 0. The molecule has 1 saturated carbocycles. The number of aromatic amines is 1. The van der Waals surface area contributed by atoms with Crippen molar-refractivity contribution >= 4 is 46.2 Å². The summed E-state index contributed by atoms with van der Waals surface area (Å²) in [6.45, 7) is 14.5. The van der Waals surface area contributed by atoms with Crippen LogP contribution in [0.4, 0.5) is 10.7 Å². The first-order valence-electron chi connectivity index (χ1n) is 26.4. The van der Waals surface area contributed by atoms with Gasteiger partial charge in [0.05, 0.1) is 33.9 Å².